The maximum Gasteiger partial charge on any atom is 0.118 e. The Labute approximate surface area is 101 Å². The summed E-state index contributed by atoms with van der Waals surface area (Å²) in [5.74, 6) is 0.867. The minimum atomic E-state index is 0.780. The van der Waals surface area contributed by atoms with Crippen molar-refractivity contribution in [3.8, 4) is 5.75 Å². The molecule has 0 spiro atoms. The predicted molar refractivity (Wildman–Crippen MR) is 72.8 cm³/mol. The second-order valence-corrected chi connectivity index (χ2v) is 3.78. The molecule has 86 valence electrons. The molecule has 2 heteroatoms. The first-order chi connectivity index (χ1) is 8.28. The monoisotopic (exact) mass is 225 g/mol. The van der Waals surface area contributed by atoms with E-state index in [9.17, 15) is 0 Å². The second-order valence-electron chi connectivity index (χ2n) is 3.78. The number of methoxy groups -OCH3 is 1. The third kappa shape index (κ3) is 3.11. The van der Waals surface area contributed by atoms with Crippen molar-refractivity contribution in [3.05, 3.63) is 59.7 Å². The number of ether oxygens (including phenoxy) is 1. The highest BCUT2D eigenvalue weighted by molar-refractivity contribution is 5.71. The molecule has 17 heavy (non-hydrogen) atoms. The highest BCUT2D eigenvalue weighted by Gasteiger charge is 1.91. The number of nitrogens with two attached hydrogens (primary N) is 1. The van der Waals surface area contributed by atoms with Crippen LogP contribution in [0.1, 0.15) is 11.1 Å². The van der Waals surface area contributed by atoms with Gasteiger partial charge in [0.2, 0.25) is 0 Å². The molecule has 0 unspecified atom stereocenters. The van der Waals surface area contributed by atoms with E-state index in [1.165, 1.54) is 0 Å². The first kappa shape index (κ1) is 11.3. The highest BCUT2D eigenvalue weighted by atomic mass is 16.5. The topological polar surface area (TPSA) is 35.2 Å². The number of benzene rings is 2. The molecule has 0 radical (unpaired) electrons. The number of hydrogen-bond acceptors (Lipinski definition) is 2. The molecule has 2 N–H and O–H groups in total. The van der Waals surface area contributed by atoms with Crippen LogP contribution in [0.25, 0.3) is 12.2 Å². The van der Waals surface area contributed by atoms with Crippen molar-refractivity contribution in [2.24, 2.45) is 0 Å². The van der Waals surface area contributed by atoms with Crippen LogP contribution in [0.15, 0.2) is 48.5 Å². The number of anilines is 1. The van der Waals surface area contributed by atoms with Crippen LogP contribution >= 0.6 is 0 Å². The van der Waals surface area contributed by atoms with Crippen LogP contribution in [0.4, 0.5) is 5.69 Å². The first-order valence-electron chi connectivity index (χ1n) is 5.45. The molecular formula is C15H15NO. The van der Waals surface area contributed by atoms with E-state index in [0.29, 0.717) is 0 Å². The Bertz CT molecular complexity index is 515. The number of rotatable bonds is 3. The lowest BCUT2D eigenvalue weighted by Gasteiger charge is -1.99. The zero-order valence-corrected chi connectivity index (χ0v) is 9.76. The Morgan fingerprint density at radius 1 is 0.941 bits per heavy atom. The zero-order valence-electron chi connectivity index (χ0n) is 9.76. The van der Waals surface area contributed by atoms with Crippen LogP contribution in [-0.4, -0.2) is 7.11 Å². The minimum absolute atomic E-state index is 0.780. The lowest BCUT2D eigenvalue weighted by Crippen LogP contribution is -1.83. The first-order valence-corrected chi connectivity index (χ1v) is 5.45. The Balaban J connectivity index is 2.14. The van der Waals surface area contributed by atoms with Crippen molar-refractivity contribution in [1.82, 2.24) is 0 Å². The Morgan fingerprint density at radius 3 is 2.29 bits per heavy atom. The molecule has 0 aliphatic rings. The van der Waals surface area contributed by atoms with Gasteiger partial charge in [-0.3, -0.25) is 0 Å². The Hall–Kier alpha value is -2.22. The molecule has 2 rings (SSSR count). The standard InChI is InChI=1S/C15H15NO/c1-17-15-9-7-12(8-10-15)5-6-13-3-2-4-14(16)11-13/h2-11H,16H2,1H3/b6-5+. The van der Waals surface area contributed by atoms with Gasteiger partial charge in [-0.15, -0.1) is 0 Å². The Kier molecular flexibility index (Phi) is 3.46. The van der Waals surface area contributed by atoms with E-state index >= 15 is 0 Å². The third-order valence-electron chi connectivity index (χ3n) is 2.49. The van der Waals surface area contributed by atoms with Crippen molar-refractivity contribution >= 4 is 17.8 Å². The predicted octanol–water partition coefficient (Wildman–Crippen LogP) is 3.45. The summed E-state index contributed by atoms with van der Waals surface area (Å²) in [7, 11) is 1.66. The molecule has 0 atom stereocenters. The van der Waals surface area contributed by atoms with Gasteiger partial charge in [-0.2, -0.15) is 0 Å². The van der Waals surface area contributed by atoms with E-state index in [1.807, 2.05) is 60.7 Å². The molecule has 2 nitrogen and oxygen atoms in total. The summed E-state index contributed by atoms with van der Waals surface area (Å²) >= 11 is 0. The van der Waals surface area contributed by atoms with Gasteiger partial charge < -0.3 is 10.5 Å². The van der Waals surface area contributed by atoms with Gasteiger partial charge in [0.25, 0.3) is 0 Å². The van der Waals surface area contributed by atoms with E-state index in [4.69, 9.17) is 10.5 Å². The van der Waals surface area contributed by atoms with Crippen molar-refractivity contribution in [2.45, 2.75) is 0 Å². The average molecular weight is 225 g/mol. The van der Waals surface area contributed by atoms with Crippen molar-refractivity contribution in [3.63, 3.8) is 0 Å². The van der Waals surface area contributed by atoms with Crippen molar-refractivity contribution < 1.29 is 4.74 Å². The van der Waals surface area contributed by atoms with Gasteiger partial charge in [-0.05, 0) is 35.4 Å². The van der Waals surface area contributed by atoms with Gasteiger partial charge >= 0.3 is 0 Å². The van der Waals surface area contributed by atoms with Gasteiger partial charge in [0.05, 0.1) is 7.11 Å². The van der Waals surface area contributed by atoms with Gasteiger partial charge in [0, 0.05) is 5.69 Å². The molecule has 0 bridgehead atoms. The molecular weight excluding hydrogens is 210 g/mol. The molecule has 2 aromatic carbocycles. The third-order valence-corrected chi connectivity index (χ3v) is 2.49. The van der Waals surface area contributed by atoms with Crippen LogP contribution in [0.5, 0.6) is 5.75 Å². The van der Waals surface area contributed by atoms with Crippen LogP contribution in [-0.2, 0) is 0 Å². The van der Waals surface area contributed by atoms with E-state index in [1.54, 1.807) is 7.11 Å². The van der Waals surface area contributed by atoms with Crippen LogP contribution in [0, 0.1) is 0 Å². The van der Waals surface area contributed by atoms with E-state index in [2.05, 4.69) is 0 Å². The Morgan fingerprint density at radius 2 is 1.65 bits per heavy atom. The van der Waals surface area contributed by atoms with Crippen molar-refractivity contribution in [1.29, 1.82) is 0 Å². The average Bonchev–Trinajstić information content (AvgIpc) is 2.37. The molecule has 0 aliphatic heterocycles. The van der Waals surface area contributed by atoms with Crippen LogP contribution in [0.2, 0.25) is 0 Å². The summed E-state index contributed by atoms with van der Waals surface area (Å²) in [5, 5.41) is 0. The summed E-state index contributed by atoms with van der Waals surface area (Å²) < 4.78 is 5.11. The molecule has 0 saturated carbocycles. The summed E-state index contributed by atoms with van der Waals surface area (Å²) in [6, 6.07) is 15.7. The smallest absolute Gasteiger partial charge is 0.118 e. The van der Waals surface area contributed by atoms with Crippen LogP contribution < -0.4 is 10.5 Å². The fourth-order valence-corrected chi connectivity index (χ4v) is 1.57. The largest absolute Gasteiger partial charge is 0.497 e. The molecule has 0 aliphatic carbocycles. The number of hydrogen-bond donors (Lipinski definition) is 1. The molecule has 0 aromatic heterocycles. The highest BCUT2D eigenvalue weighted by Crippen LogP contribution is 2.14. The quantitative estimate of drug-likeness (QED) is 0.641. The summed E-state index contributed by atoms with van der Waals surface area (Å²) in [6.45, 7) is 0. The summed E-state index contributed by atoms with van der Waals surface area (Å²) in [4.78, 5) is 0. The molecule has 0 amide bonds. The van der Waals surface area contributed by atoms with Gasteiger partial charge in [0.1, 0.15) is 5.75 Å². The van der Waals surface area contributed by atoms with Gasteiger partial charge in [-0.25, -0.2) is 0 Å². The maximum atomic E-state index is 5.72. The number of nitrogen functional groups attached to an aromatic ring is 1. The minimum Gasteiger partial charge on any atom is -0.497 e. The van der Waals surface area contributed by atoms with Gasteiger partial charge in [0.15, 0.2) is 0 Å². The summed E-state index contributed by atoms with van der Waals surface area (Å²) in [6.07, 6.45) is 4.09. The molecule has 0 fully saturated rings. The second kappa shape index (κ2) is 5.21. The van der Waals surface area contributed by atoms with Crippen molar-refractivity contribution in [2.75, 3.05) is 12.8 Å². The van der Waals surface area contributed by atoms with Gasteiger partial charge in [-0.1, -0.05) is 36.4 Å². The van der Waals surface area contributed by atoms with Crippen LogP contribution in [0.3, 0.4) is 0 Å². The summed E-state index contributed by atoms with van der Waals surface area (Å²) in [5.41, 5.74) is 8.73. The van der Waals surface area contributed by atoms with E-state index < -0.39 is 0 Å². The molecule has 0 heterocycles. The maximum absolute atomic E-state index is 5.72. The fourth-order valence-electron chi connectivity index (χ4n) is 1.57. The molecule has 2 aromatic rings. The molecule has 0 saturated heterocycles. The van der Waals surface area contributed by atoms with E-state index in [-0.39, 0.29) is 0 Å². The SMILES string of the molecule is COc1ccc(/C=C/c2cccc(N)c2)cc1. The zero-order chi connectivity index (χ0) is 12.1. The fraction of sp³-hybridized carbons (Fsp3) is 0.0667. The normalized spacial score (nSPS) is 10.6. The lowest BCUT2D eigenvalue weighted by molar-refractivity contribution is 0.415. The van der Waals surface area contributed by atoms with E-state index in [0.717, 1.165) is 22.6 Å². The lowest BCUT2D eigenvalue weighted by atomic mass is 10.1.